The van der Waals surface area contributed by atoms with Crippen molar-refractivity contribution in [1.82, 2.24) is 0 Å². The minimum absolute atomic E-state index is 0.614. The zero-order chi connectivity index (χ0) is 11.5. The summed E-state index contributed by atoms with van der Waals surface area (Å²) in [4.78, 5) is 0. The molecule has 82 valence electrons. The predicted molar refractivity (Wildman–Crippen MR) is 66.5 cm³/mol. The molecule has 2 rings (SSSR count). The topological polar surface area (TPSA) is 18.5 Å². The summed E-state index contributed by atoms with van der Waals surface area (Å²) in [5.41, 5.74) is 0.892. The number of ether oxygens (including phenoxy) is 2. The van der Waals surface area contributed by atoms with E-state index in [2.05, 4.69) is 18.7 Å². The maximum atomic E-state index is 5.34. The van der Waals surface area contributed by atoms with Crippen LogP contribution in [0.1, 0.15) is 5.56 Å². The summed E-state index contributed by atoms with van der Waals surface area (Å²) in [6, 6.07) is 12.1. The fourth-order valence-electron chi connectivity index (χ4n) is 1.72. The normalized spacial score (nSPS) is 10.1. The van der Waals surface area contributed by atoms with E-state index in [1.165, 1.54) is 0 Å². The SMILES string of the molecule is C=C(OC)c1cc2ccccc2cc1OC. The zero-order valence-corrected chi connectivity index (χ0v) is 9.49. The van der Waals surface area contributed by atoms with Crippen molar-refractivity contribution in [3.05, 3.63) is 48.5 Å². The van der Waals surface area contributed by atoms with Crippen LogP contribution in [-0.4, -0.2) is 14.2 Å². The average Bonchev–Trinajstić information content (AvgIpc) is 2.36. The van der Waals surface area contributed by atoms with Crippen molar-refractivity contribution >= 4 is 16.5 Å². The molecule has 0 atom stereocenters. The molecule has 0 aromatic heterocycles. The molecular formula is C14H14O2. The van der Waals surface area contributed by atoms with Crippen LogP contribution in [0.15, 0.2) is 43.0 Å². The third-order valence-electron chi connectivity index (χ3n) is 2.61. The first-order valence-electron chi connectivity index (χ1n) is 5.06. The van der Waals surface area contributed by atoms with Crippen molar-refractivity contribution in [2.75, 3.05) is 14.2 Å². The van der Waals surface area contributed by atoms with Crippen molar-refractivity contribution in [3.63, 3.8) is 0 Å². The van der Waals surface area contributed by atoms with Crippen LogP contribution in [0.4, 0.5) is 0 Å². The van der Waals surface area contributed by atoms with Crippen LogP contribution in [-0.2, 0) is 4.74 Å². The Morgan fingerprint density at radius 1 is 1.06 bits per heavy atom. The number of benzene rings is 2. The fraction of sp³-hybridized carbons (Fsp3) is 0.143. The molecule has 0 amide bonds. The molecular weight excluding hydrogens is 200 g/mol. The van der Waals surface area contributed by atoms with Crippen LogP contribution in [0.2, 0.25) is 0 Å². The van der Waals surface area contributed by atoms with Crippen LogP contribution in [0.25, 0.3) is 16.5 Å². The highest BCUT2D eigenvalue weighted by molar-refractivity contribution is 5.88. The molecule has 16 heavy (non-hydrogen) atoms. The number of rotatable bonds is 3. The largest absolute Gasteiger partial charge is 0.497 e. The van der Waals surface area contributed by atoms with Gasteiger partial charge in [-0.1, -0.05) is 30.8 Å². The molecule has 0 aliphatic rings. The van der Waals surface area contributed by atoms with Gasteiger partial charge in [0.2, 0.25) is 0 Å². The van der Waals surface area contributed by atoms with Gasteiger partial charge in [0.15, 0.2) is 0 Å². The van der Waals surface area contributed by atoms with E-state index in [-0.39, 0.29) is 0 Å². The average molecular weight is 214 g/mol. The van der Waals surface area contributed by atoms with Crippen LogP contribution < -0.4 is 4.74 Å². The van der Waals surface area contributed by atoms with Crippen LogP contribution in [0.5, 0.6) is 5.75 Å². The molecule has 0 spiro atoms. The second-order valence-electron chi connectivity index (χ2n) is 3.53. The van der Waals surface area contributed by atoms with Crippen molar-refractivity contribution in [1.29, 1.82) is 0 Å². The van der Waals surface area contributed by atoms with Gasteiger partial charge in [0.25, 0.3) is 0 Å². The second-order valence-corrected chi connectivity index (χ2v) is 3.53. The van der Waals surface area contributed by atoms with Crippen molar-refractivity contribution in [2.24, 2.45) is 0 Å². The van der Waals surface area contributed by atoms with Gasteiger partial charge in [-0.15, -0.1) is 0 Å². The van der Waals surface area contributed by atoms with Gasteiger partial charge in [-0.25, -0.2) is 0 Å². The molecule has 0 aliphatic carbocycles. The van der Waals surface area contributed by atoms with Gasteiger partial charge in [0, 0.05) is 0 Å². The van der Waals surface area contributed by atoms with Gasteiger partial charge in [-0.05, 0) is 22.9 Å². The molecule has 0 radical (unpaired) electrons. The van der Waals surface area contributed by atoms with Crippen LogP contribution >= 0.6 is 0 Å². The summed E-state index contributed by atoms with van der Waals surface area (Å²) >= 11 is 0. The van der Waals surface area contributed by atoms with E-state index in [0.29, 0.717) is 5.76 Å². The first kappa shape index (κ1) is 10.6. The molecule has 0 bridgehead atoms. The summed E-state index contributed by atoms with van der Waals surface area (Å²) in [6.07, 6.45) is 0. The van der Waals surface area contributed by atoms with E-state index in [4.69, 9.17) is 9.47 Å². The standard InChI is InChI=1S/C14H14O2/c1-10(15-2)13-8-11-6-4-5-7-12(11)9-14(13)16-3/h4-9H,1H2,2-3H3. The fourth-order valence-corrected chi connectivity index (χ4v) is 1.72. The first-order valence-corrected chi connectivity index (χ1v) is 5.06. The molecule has 0 saturated carbocycles. The van der Waals surface area contributed by atoms with E-state index in [1.54, 1.807) is 14.2 Å². The smallest absolute Gasteiger partial charge is 0.130 e. The van der Waals surface area contributed by atoms with Gasteiger partial charge in [-0.2, -0.15) is 0 Å². The minimum Gasteiger partial charge on any atom is -0.497 e. The molecule has 0 unspecified atom stereocenters. The highest BCUT2D eigenvalue weighted by atomic mass is 16.5. The van der Waals surface area contributed by atoms with Gasteiger partial charge in [0.05, 0.1) is 19.8 Å². The Morgan fingerprint density at radius 2 is 1.69 bits per heavy atom. The van der Waals surface area contributed by atoms with Crippen molar-refractivity contribution < 1.29 is 9.47 Å². The number of hydrogen-bond acceptors (Lipinski definition) is 2. The first-order chi connectivity index (χ1) is 7.76. The van der Waals surface area contributed by atoms with Gasteiger partial charge >= 0.3 is 0 Å². The number of fused-ring (bicyclic) bond motifs is 1. The molecule has 2 heteroatoms. The molecule has 2 aromatic rings. The van der Waals surface area contributed by atoms with E-state index >= 15 is 0 Å². The lowest BCUT2D eigenvalue weighted by Gasteiger charge is -2.11. The second kappa shape index (κ2) is 4.27. The van der Waals surface area contributed by atoms with Gasteiger partial charge in [-0.3, -0.25) is 0 Å². The molecule has 2 aromatic carbocycles. The lowest BCUT2D eigenvalue weighted by Crippen LogP contribution is -1.92. The van der Waals surface area contributed by atoms with Gasteiger partial charge in [0.1, 0.15) is 11.5 Å². The Hall–Kier alpha value is -1.96. The van der Waals surface area contributed by atoms with E-state index in [1.807, 2.05) is 24.3 Å². The lowest BCUT2D eigenvalue weighted by molar-refractivity contribution is 0.363. The van der Waals surface area contributed by atoms with Crippen molar-refractivity contribution in [3.8, 4) is 5.75 Å². The molecule has 0 aliphatic heterocycles. The number of methoxy groups -OCH3 is 2. The maximum Gasteiger partial charge on any atom is 0.130 e. The Bertz CT molecular complexity index is 529. The third-order valence-corrected chi connectivity index (χ3v) is 2.61. The molecule has 0 saturated heterocycles. The van der Waals surface area contributed by atoms with E-state index in [9.17, 15) is 0 Å². The molecule has 0 heterocycles. The Balaban J connectivity index is 2.67. The number of hydrogen-bond donors (Lipinski definition) is 0. The van der Waals surface area contributed by atoms with E-state index in [0.717, 1.165) is 22.1 Å². The molecule has 2 nitrogen and oxygen atoms in total. The highest BCUT2D eigenvalue weighted by Crippen LogP contribution is 2.30. The Kier molecular flexibility index (Phi) is 2.82. The highest BCUT2D eigenvalue weighted by Gasteiger charge is 2.08. The molecule has 0 fully saturated rings. The lowest BCUT2D eigenvalue weighted by atomic mass is 10.1. The molecule has 0 N–H and O–H groups in total. The predicted octanol–water partition coefficient (Wildman–Crippen LogP) is 3.47. The van der Waals surface area contributed by atoms with Crippen molar-refractivity contribution in [2.45, 2.75) is 0 Å². The van der Waals surface area contributed by atoms with Crippen LogP contribution in [0.3, 0.4) is 0 Å². The minimum atomic E-state index is 0.614. The zero-order valence-electron chi connectivity index (χ0n) is 9.49. The van der Waals surface area contributed by atoms with Gasteiger partial charge < -0.3 is 9.47 Å². The quantitative estimate of drug-likeness (QED) is 0.728. The summed E-state index contributed by atoms with van der Waals surface area (Å²) in [7, 11) is 3.26. The summed E-state index contributed by atoms with van der Waals surface area (Å²) in [6.45, 7) is 3.86. The maximum absolute atomic E-state index is 5.34. The third kappa shape index (κ3) is 1.74. The summed E-state index contributed by atoms with van der Waals surface area (Å²) < 4.78 is 10.5. The monoisotopic (exact) mass is 214 g/mol. The van der Waals surface area contributed by atoms with E-state index < -0.39 is 0 Å². The Morgan fingerprint density at radius 3 is 2.25 bits per heavy atom. The van der Waals surface area contributed by atoms with Crippen LogP contribution in [0, 0.1) is 0 Å². The summed E-state index contributed by atoms with van der Waals surface area (Å²) in [5.74, 6) is 1.40. The summed E-state index contributed by atoms with van der Waals surface area (Å²) in [5, 5.41) is 2.29. The Labute approximate surface area is 95.1 Å².